The third-order valence-corrected chi connectivity index (χ3v) is 2.78. The van der Waals surface area contributed by atoms with E-state index in [0.717, 1.165) is 18.8 Å². The maximum atomic E-state index is 10.8. The molecule has 1 aliphatic heterocycles. The van der Waals surface area contributed by atoms with Crippen LogP contribution in [0.2, 0.25) is 0 Å². The summed E-state index contributed by atoms with van der Waals surface area (Å²) in [6.07, 6.45) is 0. The van der Waals surface area contributed by atoms with Crippen molar-refractivity contribution < 1.29 is 9.47 Å². The molecule has 1 aliphatic rings. The number of nitrogen functional groups attached to an aromatic ring is 1. The van der Waals surface area contributed by atoms with Gasteiger partial charge in [-0.05, 0) is 11.2 Å². The highest BCUT2D eigenvalue weighted by Crippen LogP contribution is 2.37. The summed E-state index contributed by atoms with van der Waals surface area (Å²) in [5, 5.41) is 3.01. The number of benzene rings is 1. The van der Waals surface area contributed by atoms with Crippen LogP contribution >= 0.6 is 0 Å². The molecule has 2 N–H and O–H groups in total. The van der Waals surface area contributed by atoms with Crippen LogP contribution in [0.25, 0.3) is 0 Å². The van der Waals surface area contributed by atoms with Gasteiger partial charge in [-0.25, -0.2) is 0 Å². The summed E-state index contributed by atoms with van der Waals surface area (Å²) >= 11 is 0. The molecule has 92 valence electrons. The summed E-state index contributed by atoms with van der Waals surface area (Å²) in [5.74, 6) is 0.555. The number of hydrogen-bond acceptors (Lipinski definition) is 6. The van der Waals surface area contributed by atoms with Crippen molar-refractivity contribution in [2.45, 2.75) is 0 Å². The second-order valence-corrected chi connectivity index (χ2v) is 3.77. The van der Waals surface area contributed by atoms with Gasteiger partial charge < -0.3 is 20.1 Å². The van der Waals surface area contributed by atoms with E-state index in [1.165, 1.54) is 6.07 Å². The molecular formula is C11H15N3O3. The monoisotopic (exact) mass is 237 g/mol. The number of hydrogen-bond donors (Lipinski definition) is 1. The SMILES string of the molecule is COc1cc(N2CCOCC2)c(N=O)cc1N. The zero-order chi connectivity index (χ0) is 12.3. The number of nitrogens with two attached hydrogens (primary N) is 1. The molecule has 0 aromatic heterocycles. The summed E-state index contributed by atoms with van der Waals surface area (Å²) in [7, 11) is 1.54. The maximum absolute atomic E-state index is 10.8. The Hall–Kier alpha value is -1.82. The van der Waals surface area contributed by atoms with Crippen molar-refractivity contribution in [3.63, 3.8) is 0 Å². The lowest BCUT2D eigenvalue weighted by atomic mass is 10.2. The molecule has 0 spiro atoms. The fraction of sp³-hybridized carbons (Fsp3) is 0.455. The fourth-order valence-corrected chi connectivity index (χ4v) is 1.88. The first-order valence-electron chi connectivity index (χ1n) is 5.40. The summed E-state index contributed by atoms with van der Waals surface area (Å²) in [5.41, 5.74) is 7.24. The van der Waals surface area contributed by atoms with E-state index < -0.39 is 0 Å². The molecule has 6 heteroatoms. The summed E-state index contributed by atoms with van der Waals surface area (Å²) < 4.78 is 10.4. The number of ether oxygens (including phenoxy) is 2. The normalized spacial score (nSPS) is 15.7. The van der Waals surface area contributed by atoms with Gasteiger partial charge in [0.25, 0.3) is 0 Å². The molecule has 0 aliphatic carbocycles. The van der Waals surface area contributed by atoms with Gasteiger partial charge in [-0.3, -0.25) is 0 Å². The average molecular weight is 237 g/mol. The van der Waals surface area contributed by atoms with Gasteiger partial charge >= 0.3 is 0 Å². The second-order valence-electron chi connectivity index (χ2n) is 3.77. The molecular weight excluding hydrogens is 222 g/mol. The molecule has 0 atom stereocenters. The van der Waals surface area contributed by atoms with Crippen molar-refractivity contribution in [2.75, 3.05) is 44.0 Å². The predicted molar refractivity (Wildman–Crippen MR) is 65.9 cm³/mol. The smallest absolute Gasteiger partial charge is 0.143 e. The van der Waals surface area contributed by atoms with Gasteiger partial charge in [0, 0.05) is 19.2 Å². The molecule has 2 rings (SSSR count). The minimum Gasteiger partial charge on any atom is -0.495 e. The highest BCUT2D eigenvalue weighted by Gasteiger charge is 2.17. The Labute approximate surface area is 99.3 Å². The van der Waals surface area contributed by atoms with E-state index in [1.54, 1.807) is 13.2 Å². The first-order valence-corrected chi connectivity index (χ1v) is 5.40. The van der Waals surface area contributed by atoms with Crippen LogP contribution in [0.5, 0.6) is 5.75 Å². The van der Waals surface area contributed by atoms with Crippen molar-refractivity contribution in [2.24, 2.45) is 5.18 Å². The van der Waals surface area contributed by atoms with E-state index in [9.17, 15) is 4.91 Å². The van der Waals surface area contributed by atoms with Crippen LogP contribution in [0, 0.1) is 4.91 Å². The minimum atomic E-state index is 0.338. The van der Waals surface area contributed by atoms with E-state index >= 15 is 0 Å². The van der Waals surface area contributed by atoms with Gasteiger partial charge in [0.1, 0.15) is 11.4 Å². The average Bonchev–Trinajstić information content (AvgIpc) is 2.39. The zero-order valence-electron chi connectivity index (χ0n) is 9.68. The third-order valence-electron chi connectivity index (χ3n) is 2.78. The zero-order valence-corrected chi connectivity index (χ0v) is 9.68. The van der Waals surface area contributed by atoms with E-state index in [1.807, 2.05) is 4.90 Å². The van der Waals surface area contributed by atoms with Crippen LogP contribution in [0.1, 0.15) is 0 Å². The van der Waals surface area contributed by atoms with E-state index in [0.29, 0.717) is 30.3 Å². The Bertz CT molecular complexity index is 417. The lowest BCUT2D eigenvalue weighted by Crippen LogP contribution is -2.36. The predicted octanol–water partition coefficient (Wildman–Crippen LogP) is 1.51. The van der Waals surface area contributed by atoms with Crippen molar-refractivity contribution in [3.05, 3.63) is 17.0 Å². The number of rotatable bonds is 3. The van der Waals surface area contributed by atoms with Crippen LogP contribution in [0.4, 0.5) is 17.1 Å². The summed E-state index contributed by atoms with van der Waals surface area (Å²) in [6, 6.07) is 3.29. The molecule has 0 radical (unpaired) electrons. The van der Waals surface area contributed by atoms with Crippen LogP contribution in [0.3, 0.4) is 0 Å². The second kappa shape index (κ2) is 5.01. The van der Waals surface area contributed by atoms with E-state index in [2.05, 4.69) is 5.18 Å². The highest BCUT2D eigenvalue weighted by molar-refractivity contribution is 5.76. The molecule has 1 fully saturated rings. The number of nitrogens with zero attached hydrogens (tertiary/aromatic N) is 2. The highest BCUT2D eigenvalue weighted by atomic mass is 16.5. The van der Waals surface area contributed by atoms with Gasteiger partial charge in [0.15, 0.2) is 0 Å². The van der Waals surface area contributed by atoms with Gasteiger partial charge in [0.2, 0.25) is 0 Å². The van der Waals surface area contributed by atoms with Gasteiger partial charge in [-0.1, -0.05) is 0 Å². The molecule has 0 bridgehead atoms. The Morgan fingerprint density at radius 1 is 1.41 bits per heavy atom. The Morgan fingerprint density at radius 3 is 2.71 bits per heavy atom. The number of morpholine rings is 1. The van der Waals surface area contributed by atoms with Crippen LogP contribution in [-0.2, 0) is 4.74 Å². The Morgan fingerprint density at radius 2 is 2.12 bits per heavy atom. The molecule has 0 unspecified atom stereocenters. The quantitative estimate of drug-likeness (QED) is 0.637. The lowest BCUT2D eigenvalue weighted by molar-refractivity contribution is 0.122. The van der Waals surface area contributed by atoms with Gasteiger partial charge in [-0.15, -0.1) is 4.91 Å². The van der Waals surface area contributed by atoms with Crippen molar-refractivity contribution >= 4 is 17.1 Å². The first kappa shape index (κ1) is 11.7. The summed E-state index contributed by atoms with van der Waals surface area (Å²) in [6.45, 7) is 2.75. The molecule has 6 nitrogen and oxygen atoms in total. The first-order chi connectivity index (χ1) is 8.26. The van der Waals surface area contributed by atoms with Crippen LogP contribution in [-0.4, -0.2) is 33.4 Å². The maximum Gasteiger partial charge on any atom is 0.143 e. The molecule has 0 amide bonds. The van der Waals surface area contributed by atoms with Crippen LogP contribution in [0.15, 0.2) is 17.3 Å². The van der Waals surface area contributed by atoms with Crippen molar-refractivity contribution in [3.8, 4) is 5.75 Å². The number of anilines is 2. The lowest BCUT2D eigenvalue weighted by Gasteiger charge is -2.29. The molecule has 0 saturated carbocycles. The largest absolute Gasteiger partial charge is 0.495 e. The number of methoxy groups -OCH3 is 1. The van der Waals surface area contributed by atoms with Crippen LogP contribution < -0.4 is 15.4 Å². The third kappa shape index (κ3) is 2.31. The van der Waals surface area contributed by atoms with Crippen molar-refractivity contribution in [1.82, 2.24) is 0 Å². The molecule has 1 heterocycles. The molecule has 17 heavy (non-hydrogen) atoms. The molecule has 1 saturated heterocycles. The summed E-state index contributed by atoms with van der Waals surface area (Å²) in [4.78, 5) is 12.9. The standard InChI is InChI=1S/C11H15N3O3/c1-16-11-7-10(9(13-15)6-8(11)12)14-2-4-17-5-3-14/h6-7H,2-5,12H2,1H3. The molecule has 1 aromatic carbocycles. The van der Waals surface area contributed by atoms with E-state index in [4.69, 9.17) is 15.2 Å². The van der Waals surface area contributed by atoms with Crippen molar-refractivity contribution in [1.29, 1.82) is 0 Å². The van der Waals surface area contributed by atoms with Gasteiger partial charge in [0.05, 0.1) is 31.7 Å². The number of nitroso groups, excluding NO2 is 1. The molecule has 1 aromatic rings. The Kier molecular flexibility index (Phi) is 3.43. The fourth-order valence-electron chi connectivity index (χ4n) is 1.88. The minimum absolute atomic E-state index is 0.338. The Balaban J connectivity index is 2.39. The van der Waals surface area contributed by atoms with Gasteiger partial charge in [-0.2, -0.15) is 0 Å². The topological polar surface area (TPSA) is 77.2 Å². The van der Waals surface area contributed by atoms with E-state index in [-0.39, 0.29) is 0 Å².